The van der Waals surface area contributed by atoms with Crippen LogP contribution in [0.4, 0.5) is 0 Å². The maximum atomic E-state index is 11.5. The Kier molecular flexibility index (Phi) is 5.95. The molecular weight excluding hydrogens is 248 g/mol. The lowest BCUT2D eigenvalue weighted by molar-refractivity contribution is -0.141. The Morgan fingerprint density at radius 3 is 2.63 bits per heavy atom. The maximum absolute atomic E-state index is 11.5. The number of hydrogen-bond acceptors (Lipinski definition) is 5. The molecule has 0 aromatic carbocycles. The van der Waals surface area contributed by atoms with E-state index in [1.54, 1.807) is 6.92 Å². The van der Waals surface area contributed by atoms with Crippen molar-refractivity contribution in [1.29, 1.82) is 0 Å². The Morgan fingerprint density at radius 1 is 1.47 bits per heavy atom. The molecule has 108 valence electrons. The van der Waals surface area contributed by atoms with Crippen LogP contribution in [0.15, 0.2) is 5.16 Å². The van der Waals surface area contributed by atoms with Gasteiger partial charge in [0.2, 0.25) is 0 Å². The van der Waals surface area contributed by atoms with Crippen LogP contribution in [0.25, 0.3) is 0 Å². The van der Waals surface area contributed by atoms with E-state index in [1.807, 2.05) is 6.92 Å². The average Bonchev–Trinajstić information content (AvgIpc) is 2.83. The average molecular weight is 270 g/mol. The monoisotopic (exact) mass is 270 g/mol. The first kappa shape index (κ1) is 15.6. The van der Waals surface area contributed by atoms with Crippen LogP contribution in [0.5, 0.6) is 0 Å². The Balaban J connectivity index is 2.42. The van der Waals surface area contributed by atoms with Gasteiger partial charge in [-0.05, 0) is 18.9 Å². The molecule has 1 saturated heterocycles. The van der Waals surface area contributed by atoms with E-state index in [1.165, 1.54) is 0 Å². The molecular formula is C13H22N2O4. The quantitative estimate of drug-likeness (QED) is 0.412. The lowest BCUT2D eigenvalue weighted by atomic mass is 10.00. The number of hydrogen-bond donors (Lipinski definition) is 2. The van der Waals surface area contributed by atoms with Crippen LogP contribution in [-0.2, 0) is 9.59 Å². The number of rotatable bonds is 7. The van der Waals surface area contributed by atoms with Crippen LogP contribution in [-0.4, -0.2) is 52.3 Å². The number of carbonyl (C=O) groups excluding carboxylic acids is 1. The molecule has 0 radical (unpaired) electrons. The van der Waals surface area contributed by atoms with Crippen molar-refractivity contribution in [2.75, 3.05) is 19.6 Å². The van der Waals surface area contributed by atoms with E-state index in [0.29, 0.717) is 25.8 Å². The second-order valence-electron chi connectivity index (χ2n) is 5.22. The fourth-order valence-electron chi connectivity index (χ4n) is 2.45. The number of Topliss-reactive ketones (excluding diaryl/α,β-unsaturated/α-hetero) is 1. The number of oxime groups is 1. The molecule has 0 amide bonds. The van der Waals surface area contributed by atoms with Crippen molar-refractivity contribution in [3.05, 3.63) is 0 Å². The summed E-state index contributed by atoms with van der Waals surface area (Å²) in [6, 6.07) is 0. The van der Waals surface area contributed by atoms with E-state index in [9.17, 15) is 9.59 Å². The summed E-state index contributed by atoms with van der Waals surface area (Å²) in [6.45, 7) is 5.76. The SMILES string of the molecule is CCC(=O)C(CC(C)CN1CCC(C(=O)O)C1)=NO. The molecule has 1 aliphatic rings. The highest BCUT2D eigenvalue weighted by Crippen LogP contribution is 2.18. The van der Waals surface area contributed by atoms with Gasteiger partial charge in [-0.3, -0.25) is 9.59 Å². The summed E-state index contributed by atoms with van der Waals surface area (Å²) in [5.74, 6) is -1.00. The number of carbonyl (C=O) groups is 2. The van der Waals surface area contributed by atoms with Crippen molar-refractivity contribution < 1.29 is 19.9 Å². The molecule has 0 saturated carbocycles. The summed E-state index contributed by atoms with van der Waals surface area (Å²) in [7, 11) is 0. The number of carboxylic acids is 1. The highest BCUT2D eigenvalue weighted by atomic mass is 16.4. The normalized spacial score (nSPS) is 22.4. The molecule has 1 fully saturated rings. The van der Waals surface area contributed by atoms with Gasteiger partial charge in [-0.2, -0.15) is 0 Å². The minimum absolute atomic E-state index is 0.140. The van der Waals surface area contributed by atoms with Gasteiger partial charge in [-0.1, -0.05) is 19.0 Å². The molecule has 19 heavy (non-hydrogen) atoms. The number of ketones is 1. The van der Waals surface area contributed by atoms with Crippen molar-refractivity contribution in [3.63, 3.8) is 0 Å². The van der Waals surface area contributed by atoms with E-state index in [-0.39, 0.29) is 23.3 Å². The van der Waals surface area contributed by atoms with Gasteiger partial charge in [-0.15, -0.1) is 0 Å². The molecule has 1 aliphatic heterocycles. The van der Waals surface area contributed by atoms with Crippen molar-refractivity contribution in [2.24, 2.45) is 17.0 Å². The van der Waals surface area contributed by atoms with Gasteiger partial charge in [0.05, 0.1) is 5.92 Å². The fourth-order valence-corrected chi connectivity index (χ4v) is 2.45. The zero-order valence-corrected chi connectivity index (χ0v) is 11.5. The molecule has 0 aliphatic carbocycles. The van der Waals surface area contributed by atoms with Gasteiger partial charge in [0, 0.05) is 25.9 Å². The van der Waals surface area contributed by atoms with Gasteiger partial charge < -0.3 is 15.2 Å². The predicted octanol–water partition coefficient (Wildman–Crippen LogP) is 1.23. The number of aliphatic carboxylic acids is 1. The number of nitrogens with zero attached hydrogens (tertiary/aromatic N) is 2. The predicted molar refractivity (Wildman–Crippen MR) is 70.5 cm³/mol. The molecule has 0 spiro atoms. The first-order valence-corrected chi connectivity index (χ1v) is 6.67. The highest BCUT2D eigenvalue weighted by Gasteiger charge is 2.28. The van der Waals surface area contributed by atoms with E-state index in [4.69, 9.17) is 10.3 Å². The first-order chi connectivity index (χ1) is 8.97. The standard InChI is InChI=1S/C13H22N2O4/c1-3-12(16)11(14-19)6-9(2)7-15-5-4-10(8-15)13(17)18/h9-10,19H,3-8H2,1-2H3,(H,17,18). The van der Waals surface area contributed by atoms with Crippen LogP contribution >= 0.6 is 0 Å². The summed E-state index contributed by atoms with van der Waals surface area (Å²) in [4.78, 5) is 24.4. The van der Waals surface area contributed by atoms with Crippen molar-refractivity contribution in [1.82, 2.24) is 4.90 Å². The summed E-state index contributed by atoms with van der Waals surface area (Å²) in [5, 5.41) is 20.8. The molecule has 1 heterocycles. The molecule has 2 unspecified atom stereocenters. The molecule has 0 bridgehead atoms. The van der Waals surface area contributed by atoms with Crippen molar-refractivity contribution >= 4 is 17.5 Å². The second kappa shape index (κ2) is 7.23. The molecule has 1 rings (SSSR count). The zero-order valence-electron chi connectivity index (χ0n) is 11.5. The maximum Gasteiger partial charge on any atom is 0.307 e. The Hall–Kier alpha value is -1.43. The number of carboxylic acid groups (broad SMARTS) is 1. The van der Waals surface area contributed by atoms with Gasteiger partial charge in [0.1, 0.15) is 5.71 Å². The van der Waals surface area contributed by atoms with Gasteiger partial charge in [-0.25, -0.2) is 0 Å². The third-order valence-corrected chi connectivity index (χ3v) is 3.50. The van der Waals surface area contributed by atoms with Crippen LogP contribution < -0.4 is 0 Å². The van der Waals surface area contributed by atoms with E-state index in [2.05, 4.69) is 10.1 Å². The summed E-state index contributed by atoms with van der Waals surface area (Å²) in [5.41, 5.74) is 0.212. The molecule has 0 aromatic heterocycles. The van der Waals surface area contributed by atoms with Crippen LogP contribution in [0.3, 0.4) is 0 Å². The van der Waals surface area contributed by atoms with Gasteiger partial charge in [0.15, 0.2) is 5.78 Å². The van der Waals surface area contributed by atoms with E-state index < -0.39 is 5.97 Å². The molecule has 6 heteroatoms. The Bertz CT molecular complexity index is 368. The van der Waals surface area contributed by atoms with Gasteiger partial charge >= 0.3 is 5.97 Å². The topological polar surface area (TPSA) is 90.2 Å². The molecule has 6 nitrogen and oxygen atoms in total. The molecule has 0 aromatic rings. The van der Waals surface area contributed by atoms with Crippen LogP contribution in [0.2, 0.25) is 0 Å². The minimum atomic E-state index is -0.742. The second-order valence-corrected chi connectivity index (χ2v) is 5.22. The van der Waals surface area contributed by atoms with Gasteiger partial charge in [0.25, 0.3) is 0 Å². The minimum Gasteiger partial charge on any atom is -0.481 e. The van der Waals surface area contributed by atoms with Crippen molar-refractivity contribution in [3.8, 4) is 0 Å². The van der Waals surface area contributed by atoms with Crippen LogP contribution in [0.1, 0.15) is 33.1 Å². The highest BCUT2D eigenvalue weighted by molar-refractivity contribution is 6.39. The summed E-state index contributed by atoms with van der Waals surface area (Å²) >= 11 is 0. The van der Waals surface area contributed by atoms with E-state index in [0.717, 1.165) is 13.1 Å². The third-order valence-electron chi connectivity index (χ3n) is 3.50. The first-order valence-electron chi connectivity index (χ1n) is 6.67. The van der Waals surface area contributed by atoms with Crippen LogP contribution in [0, 0.1) is 11.8 Å². The summed E-state index contributed by atoms with van der Waals surface area (Å²) < 4.78 is 0. The van der Waals surface area contributed by atoms with E-state index >= 15 is 0 Å². The largest absolute Gasteiger partial charge is 0.481 e. The summed E-state index contributed by atoms with van der Waals surface area (Å²) in [6.07, 6.45) is 1.44. The lowest BCUT2D eigenvalue weighted by Gasteiger charge is -2.20. The Morgan fingerprint density at radius 2 is 2.16 bits per heavy atom. The Labute approximate surface area is 113 Å². The fraction of sp³-hybridized carbons (Fsp3) is 0.769. The third kappa shape index (κ3) is 4.63. The molecule has 2 atom stereocenters. The van der Waals surface area contributed by atoms with Crippen molar-refractivity contribution in [2.45, 2.75) is 33.1 Å². The zero-order chi connectivity index (χ0) is 14.4. The number of likely N-dealkylation sites (tertiary alicyclic amines) is 1. The molecule has 2 N–H and O–H groups in total. The lowest BCUT2D eigenvalue weighted by Crippen LogP contribution is -2.29. The smallest absolute Gasteiger partial charge is 0.307 e.